The summed E-state index contributed by atoms with van der Waals surface area (Å²) in [5.74, 6) is -0.0341. The third kappa shape index (κ3) is 2.81. The van der Waals surface area contributed by atoms with Crippen molar-refractivity contribution in [1.29, 1.82) is 0 Å². The van der Waals surface area contributed by atoms with Crippen LogP contribution in [0.5, 0.6) is 0 Å². The number of carbonyl (C=O) groups is 1. The maximum absolute atomic E-state index is 11.0. The molecule has 1 N–H and O–H groups in total. The van der Waals surface area contributed by atoms with Gasteiger partial charge in [-0.1, -0.05) is 12.1 Å². The Bertz CT molecular complexity index is 497. The molecule has 0 spiro atoms. The summed E-state index contributed by atoms with van der Waals surface area (Å²) < 4.78 is 0. The van der Waals surface area contributed by atoms with Gasteiger partial charge in [0.2, 0.25) is 5.91 Å². The van der Waals surface area contributed by atoms with E-state index in [0.717, 1.165) is 10.6 Å². The van der Waals surface area contributed by atoms with Gasteiger partial charge < -0.3 is 5.32 Å². The van der Waals surface area contributed by atoms with E-state index in [-0.39, 0.29) is 5.91 Å². The Morgan fingerprint density at radius 3 is 2.81 bits per heavy atom. The number of rotatable bonds is 3. The maximum Gasteiger partial charge on any atom is 0.221 e. The molecule has 0 aliphatic heterocycles. The molecular weight excluding hydrogens is 238 g/mol. The maximum atomic E-state index is 11.0. The van der Waals surface area contributed by atoms with Crippen LogP contribution < -0.4 is 5.32 Å². The first kappa shape index (κ1) is 11.1. The summed E-state index contributed by atoms with van der Waals surface area (Å²) in [6.07, 6.45) is 4.08. The van der Waals surface area contributed by atoms with Gasteiger partial charge in [-0.25, -0.2) is 0 Å². The zero-order chi connectivity index (χ0) is 11.4. The fourth-order valence-corrected chi connectivity index (χ4v) is 2.71. The summed E-state index contributed by atoms with van der Waals surface area (Å²) in [4.78, 5) is 12.2. The van der Waals surface area contributed by atoms with Gasteiger partial charge >= 0.3 is 0 Å². The van der Waals surface area contributed by atoms with Gasteiger partial charge in [0.25, 0.3) is 0 Å². The van der Waals surface area contributed by atoms with Gasteiger partial charge in [0.1, 0.15) is 5.00 Å². The average Bonchev–Trinajstić information content (AvgIpc) is 2.84. The van der Waals surface area contributed by atoms with Crippen molar-refractivity contribution < 1.29 is 4.79 Å². The predicted molar refractivity (Wildman–Crippen MR) is 71.9 cm³/mol. The third-order valence-electron chi connectivity index (χ3n) is 1.96. The van der Waals surface area contributed by atoms with Crippen LogP contribution in [0.4, 0.5) is 5.00 Å². The van der Waals surface area contributed by atoms with E-state index < -0.39 is 0 Å². The molecule has 0 saturated heterocycles. The summed E-state index contributed by atoms with van der Waals surface area (Å²) in [6, 6.07) is 6.08. The minimum Gasteiger partial charge on any atom is -0.317 e. The average molecular weight is 249 g/mol. The van der Waals surface area contributed by atoms with Crippen LogP contribution in [0.1, 0.15) is 17.4 Å². The normalized spacial score (nSPS) is 10.8. The topological polar surface area (TPSA) is 29.1 Å². The first-order chi connectivity index (χ1) is 7.75. The zero-order valence-electron chi connectivity index (χ0n) is 8.77. The van der Waals surface area contributed by atoms with E-state index in [1.165, 1.54) is 23.1 Å². The highest BCUT2D eigenvalue weighted by atomic mass is 32.1. The molecule has 4 heteroatoms. The lowest BCUT2D eigenvalue weighted by Crippen LogP contribution is -2.04. The second-order valence-electron chi connectivity index (χ2n) is 3.24. The molecule has 0 saturated carbocycles. The van der Waals surface area contributed by atoms with Crippen LogP contribution in [0.25, 0.3) is 12.2 Å². The van der Waals surface area contributed by atoms with Crippen molar-refractivity contribution in [3.8, 4) is 0 Å². The summed E-state index contributed by atoms with van der Waals surface area (Å²) in [5.41, 5.74) is 1.05. The minimum absolute atomic E-state index is 0.0341. The Morgan fingerprint density at radius 2 is 2.12 bits per heavy atom. The third-order valence-corrected chi connectivity index (χ3v) is 3.64. The Kier molecular flexibility index (Phi) is 3.54. The molecule has 2 aromatic heterocycles. The highest BCUT2D eigenvalue weighted by molar-refractivity contribution is 7.14. The van der Waals surface area contributed by atoms with E-state index in [1.54, 1.807) is 11.3 Å². The van der Waals surface area contributed by atoms with Crippen molar-refractivity contribution in [3.63, 3.8) is 0 Å². The molecule has 0 atom stereocenters. The molecule has 16 heavy (non-hydrogen) atoms. The molecule has 2 rings (SSSR count). The van der Waals surface area contributed by atoms with Crippen LogP contribution in [0.2, 0.25) is 0 Å². The number of anilines is 1. The second-order valence-corrected chi connectivity index (χ2v) is 5.13. The Balaban J connectivity index is 2.15. The lowest BCUT2D eigenvalue weighted by atomic mass is 10.2. The Morgan fingerprint density at radius 1 is 1.25 bits per heavy atom. The molecule has 0 aliphatic rings. The van der Waals surface area contributed by atoms with Gasteiger partial charge in [-0.15, -0.1) is 22.7 Å². The molecule has 2 nitrogen and oxygen atoms in total. The Labute approximate surface area is 102 Å². The van der Waals surface area contributed by atoms with Gasteiger partial charge in [0.05, 0.1) is 0 Å². The first-order valence-corrected chi connectivity index (χ1v) is 6.58. The van der Waals surface area contributed by atoms with Crippen molar-refractivity contribution in [2.24, 2.45) is 0 Å². The quantitative estimate of drug-likeness (QED) is 0.877. The highest BCUT2D eigenvalue weighted by Gasteiger charge is 2.02. The number of carbonyl (C=O) groups excluding carboxylic acids is 1. The SMILES string of the molecule is CC(=O)Nc1sccc1C=Cc1cccs1. The van der Waals surface area contributed by atoms with Crippen molar-refractivity contribution >= 4 is 45.7 Å². The molecule has 0 aliphatic carbocycles. The van der Waals surface area contributed by atoms with E-state index in [4.69, 9.17) is 0 Å². The van der Waals surface area contributed by atoms with Crippen LogP contribution in [0.3, 0.4) is 0 Å². The number of amides is 1. The highest BCUT2D eigenvalue weighted by Crippen LogP contribution is 2.25. The van der Waals surface area contributed by atoms with Gasteiger partial charge in [-0.3, -0.25) is 4.79 Å². The molecule has 0 radical (unpaired) electrons. The molecule has 82 valence electrons. The lowest BCUT2D eigenvalue weighted by molar-refractivity contribution is -0.114. The number of thiophene rings is 2. The number of hydrogen-bond acceptors (Lipinski definition) is 3. The van der Waals surface area contributed by atoms with Crippen molar-refractivity contribution in [3.05, 3.63) is 39.4 Å². The zero-order valence-corrected chi connectivity index (χ0v) is 10.4. The van der Waals surface area contributed by atoms with Gasteiger partial charge in [-0.2, -0.15) is 0 Å². The summed E-state index contributed by atoms with van der Waals surface area (Å²) >= 11 is 3.23. The van der Waals surface area contributed by atoms with Crippen LogP contribution >= 0.6 is 22.7 Å². The molecule has 0 aromatic carbocycles. The van der Waals surface area contributed by atoms with Crippen LogP contribution in [0.15, 0.2) is 29.0 Å². The molecule has 0 bridgehead atoms. The first-order valence-electron chi connectivity index (χ1n) is 4.82. The second kappa shape index (κ2) is 5.09. The molecule has 2 aromatic rings. The fraction of sp³-hybridized carbons (Fsp3) is 0.0833. The number of hydrogen-bond donors (Lipinski definition) is 1. The lowest BCUT2D eigenvalue weighted by Gasteiger charge is -1.98. The van der Waals surface area contributed by atoms with E-state index in [2.05, 4.69) is 17.5 Å². The van der Waals surface area contributed by atoms with Crippen LogP contribution in [-0.4, -0.2) is 5.91 Å². The molecule has 0 unspecified atom stereocenters. The van der Waals surface area contributed by atoms with Crippen LogP contribution in [0, 0.1) is 0 Å². The van der Waals surface area contributed by atoms with Crippen molar-refractivity contribution in [1.82, 2.24) is 0 Å². The minimum atomic E-state index is -0.0341. The van der Waals surface area contributed by atoms with E-state index >= 15 is 0 Å². The van der Waals surface area contributed by atoms with Gasteiger partial charge in [-0.05, 0) is 29.0 Å². The van der Waals surface area contributed by atoms with Crippen LogP contribution in [-0.2, 0) is 4.79 Å². The monoisotopic (exact) mass is 249 g/mol. The molecular formula is C12H11NOS2. The predicted octanol–water partition coefficient (Wildman–Crippen LogP) is 3.94. The van der Waals surface area contributed by atoms with Gasteiger partial charge in [0.15, 0.2) is 0 Å². The summed E-state index contributed by atoms with van der Waals surface area (Å²) in [5, 5.41) is 7.73. The molecule has 0 fully saturated rings. The summed E-state index contributed by atoms with van der Waals surface area (Å²) in [6.45, 7) is 1.52. The smallest absolute Gasteiger partial charge is 0.221 e. The fourth-order valence-electron chi connectivity index (χ4n) is 1.27. The largest absolute Gasteiger partial charge is 0.317 e. The summed E-state index contributed by atoms with van der Waals surface area (Å²) in [7, 11) is 0. The van der Waals surface area contributed by atoms with Crippen molar-refractivity contribution in [2.75, 3.05) is 5.32 Å². The van der Waals surface area contributed by atoms with Gasteiger partial charge in [0, 0.05) is 17.4 Å². The standard InChI is InChI=1S/C12H11NOS2/c1-9(14)13-12-10(6-8-16-12)4-5-11-3-2-7-15-11/h2-8H,1H3,(H,13,14). The molecule has 2 heterocycles. The van der Waals surface area contributed by atoms with E-state index in [9.17, 15) is 4.79 Å². The van der Waals surface area contributed by atoms with Crippen molar-refractivity contribution in [2.45, 2.75) is 6.92 Å². The van der Waals surface area contributed by atoms with E-state index in [1.807, 2.05) is 29.0 Å². The Hall–Kier alpha value is -1.39. The number of nitrogens with one attached hydrogen (secondary N) is 1. The molecule has 1 amide bonds. The van der Waals surface area contributed by atoms with E-state index in [0.29, 0.717) is 0 Å².